The Hall–Kier alpha value is -2.37. The molecule has 140 valence electrons. The highest BCUT2D eigenvalue weighted by Gasteiger charge is 2.03. The summed E-state index contributed by atoms with van der Waals surface area (Å²) in [5.74, 6) is 1.35. The lowest BCUT2D eigenvalue weighted by Crippen LogP contribution is -1.96. The normalized spacial score (nSPS) is 11.2. The molecule has 0 radical (unpaired) electrons. The first-order valence-electron chi connectivity index (χ1n) is 8.93. The van der Waals surface area contributed by atoms with Crippen molar-refractivity contribution in [1.29, 1.82) is 0 Å². The van der Waals surface area contributed by atoms with Gasteiger partial charge in [-0.3, -0.25) is 0 Å². The number of benzene rings is 2. The zero-order valence-electron chi connectivity index (χ0n) is 15.0. The van der Waals surface area contributed by atoms with Gasteiger partial charge in [0.1, 0.15) is 24.3 Å². The van der Waals surface area contributed by atoms with Crippen LogP contribution in [0.15, 0.2) is 63.7 Å². The third-order valence-corrected chi connectivity index (χ3v) is 4.57. The molecular formula is C22H22BrNO3. The van der Waals surface area contributed by atoms with E-state index < -0.39 is 0 Å². The molecule has 0 atom stereocenters. The molecular weight excluding hydrogens is 406 g/mol. The molecule has 0 amide bonds. The second-order valence-corrected chi connectivity index (χ2v) is 7.09. The van der Waals surface area contributed by atoms with Gasteiger partial charge in [-0.2, -0.15) is 0 Å². The average molecular weight is 428 g/mol. The van der Waals surface area contributed by atoms with E-state index in [2.05, 4.69) is 33.0 Å². The lowest BCUT2D eigenvalue weighted by molar-refractivity contribution is 0.284. The molecule has 0 aliphatic carbocycles. The molecule has 0 unspecified atom stereocenters. The number of hydrogen-bond acceptors (Lipinski definition) is 4. The topological polar surface area (TPSA) is 55.5 Å². The Morgan fingerprint density at radius 3 is 2.52 bits per heavy atom. The van der Waals surface area contributed by atoms with Crippen molar-refractivity contribution in [3.63, 3.8) is 0 Å². The van der Waals surface area contributed by atoms with Crippen LogP contribution in [0.25, 0.3) is 12.2 Å². The van der Waals surface area contributed by atoms with Gasteiger partial charge in [-0.1, -0.05) is 40.2 Å². The van der Waals surface area contributed by atoms with Crippen molar-refractivity contribution in [3.8, 4) is 5.75 Å². The highest BCUT2D eigenvalue weighted by molar-refractivity contribution is 9.10. The zero-order valence-corrected chi connectivity index (χ0v) is 16.6. The van der Waals surface area contributed by atoms with E-state index in [1.54, 1.807) is 6.26 Å². The Morgan fingerprint density at radius 1 is 1.00 bits per heavy atom. The highest BCUT2D eigenvalue weighted by atomic mass is 79.9. The fourth-order valence-electron chi connectivity index (χ4n) is 2.56. The number of rotatable bonds is 9. The number of unbranched alkanes of at least 4 members (excludes halogenated alkanes) is 1. The van der Waals surface area contributed by atoms with Crippen LogP contribution in [0.5, 0.6) is 5.75 Å². The molecule has 1 heterocycles. The number of aromatic nitrogens is 1. The lowest BCUT2D eigenvalue weighted by Gasteiger charge is -2.05. The number of hydrogen-bond donors (Lipinski definition) is 1. The first kappa shape index (κ1) is 19.4. The van der Waals surface area contributed by atoms with Crippen LogP contribution in [0, 0.1) is 0 Å². The fraction of sp³-hybridized carbons (Fsp3) is 0.227. The van der Waals surface area contributed by atoms with Crippen LogP contribution >= 0.6 is 15.9 Å². The fourth-order valence-corrected chi connectivity index (χ4v) is 2.82. The highest BCUT2D eigenvalue weighted by Crippen LogP contribution is 2.17. The summed E-state index contributed by atoms with van der Waals surface area (Å²) in [6, 6.07) is 16.1. The molecule has 2 aromatic carbocycles. The molecule has 1 N–H and O–H groups in total. The summed E-state index contributed by atoms with van der Waals surface area (Å²) in [4.78, 5) is 4.41. The molecule has 1 aromatic heterocycles. The second kappa shape index (κ2) is 10.1. The maximum atomic E-state index is 8.83. The predicted molar refractivity (Wildman–Crippen MR) is 110 cm³/mol. The van der Waals surface area contributed by atoms with Crippen LogP contribution in [-0.2, 0) is 13.0 Å². The van der Waals surface area contributed by atoms with Crippen LogP contribution < -0.4 is 4.74 Å². The van der Waals surface area contributed by atoms with Gasteiger partial charge in [0.15, 0.2) is 0 Å². The van der Waals surface area contributed by atoms with Gasteiger partial charge < -0.3 is 14.3 Å². The Kier molecular flexibility index (Phi) is 7.25. The first-order chi connectivity index (χ1) is 13.2. The van der Waals surface area contributed by atoms with Crippen molar-refractivity contribution in [3.05, 3.63) is 82.0 Å². The van der Waals surface area contributed by atoms with Crippen LogP contribution in [0.3, 0.4) is 0 Å². The maximum absolute atomic E-state index is 8.83. The molecule has 27 heavy (non-hydrogen) atoms. The predicted octanol–water partition coefficient (Wildman–Crippen LogP) is 5.50. The molecule has 4 nitrogen and oxygen atoms in total. The third-order valence-electron chi connectivity index (χ3n) is 4.04. The third kappa shape index (κ3) is 6.38. The minimum Gasteiger partial charge on any atom is -0.487 e. The Labute approximate surface area is 167 Å². The number of aryl methyl sites for hydroxylation is 1. The summed E-state index contributed by atoms with van der Waals surface area (Å²) >= 11 is 3.42. The molecule has 5 heteroatoms. The summed E-state index contributed by atoms with van der Waals surface area (Å²) in [6.45, 7) is 0.610. The van der Waals surface area contributed by atoms with Gasteiger partial charge in [0, 0.05) is 17.2 Å². The summed E-state index contributed by atoms with van der Waals surface area (Å²) in [6.07, 6.45) is 8.21. The summed E-state index contributed by atoms with van der Waals surface area (Å²) in [5.41, 5.74) is 3.07. The number of aliphatic hydroxyl groups excluding tert-OH is 1. The Bertz CT molecular complexity index is 854. The molecule has 0 fully saturated rings. The summed E-state index contributed by atoms with van der Waals surface area (Å²) < 4.78 is 12.3. The van der Waals surface area contributed by atoms with E-state index in [0.717, 1.165) is 40.7 Å². The van der Waals surface area contributed by atoms with E-state index in [-0.39, 0.29) is 6.61 Å². The summed E-state index contributed by atoms with van der Waals surface area (Å²) in [7, 11) is 0. The number of aliphatic hydroxyl groups is 1. The molecule has 0 bridgehead atoms. The quantitative estimate of drug-likeness (QED) is 0.457. The standard InChI is InChI=1S/C22H22BrNO3/c23-19-9-4-18(5-10-19)8-13-22-24-20(16-27-22)15-26-21-11-6-17(7-12-21)3-1-2-14-25/h4-13,16,25H,1-3,14-15H2. The van der Waals surface area contributed by atoms with Gasteiger partial charge in [0.05, 0.1) is 0 Å². The van der Waals surface area contributed by atoms with Gasteiger partial charge in [0.2, 0.25) is 5.89 Å². The number of oxazole rings is 1. The molecule has 0 spiro atoms. The SMILES string of the molecule is OCCCCc1ccc(OCc2coc(C=Cc3ccc(Br)cc3)n2)cc1. The Balaban J connectivity index is 1.49. The van der Waals surface area contributed by atoms with Crippen molar-refractivity contribution < 1.29 is 14.3 Å². The Morgan fingerprint density at radius 2 is 1.78 bits per heavy atom. The van der Waals surface area contributed by atoms with Gasteiger partial charge in [-0.05, 0) is 60.7 Å². The van der Waals surface area contributed by atoms with Crippen molar-refractivity contribution in [1.82, 2.24) is 4.98 Å². The van der Waals surface area contributed by atoms with Crippen molar-refractivity contribution in [2.24, 2.45) is 0 Å². The second-order valence-electron chi connectivity index (χ2n) is 6.18. The minimum absolute atomic E-state index is 0.249. The van der Waals surface area contributed by atoms with Crippen molar-refractivity contribution in [2.75, 3.05) is 6.61 Å². The van der Waals surface area contributed by atoms with Crippen LogP contribution in [-0.4, -0.2) is 16.7 Å². The monoisotopic (exact) mass is 427 g/mol. The van der Waals surface area contributed by atoms with E-state index in [1.807, 2.05) is 48.6 Å². The smallest absolute Gasteiger partial charge is 0.218 e. The van der Waals surface area contributed by atoms with E-state index in [0.29, 0.717) is 12.5 Å². The average Bonchev–Trinajstić information content (AvgIpc) is 3.15. The van der Waals surface area contributed by atoms with Gasteiger partial charge in [-0.15, -0.1) is 0 Å². The molecule has 0 saturated heterocycles. The van der Waals surface area contributed by atoms with E-state index >= 15 is 0 Å². The molecule has 0 saturated carbocycles. The molecule has 3 rings (SSSR count). The minimum atomic E-state index is 0.249. The van der Waals surface area contributed by atoms with Gasteiger partial charge in [0.25, 0.3) is 0 Å². The van der Waals surface area contributed by atoms with E-state index in [9.17, 15) is 0 Å². The number of halogens is 1. The number of nitrogens with zero attached hydrogens (tertiary/aromatic N) is 1. The largest absolute Gasteiger partial charge is 0.487 e. The lowest BCUT2D eigenvalue weighted by atomic mass is 10.1. The first-order valence-corrected chi connectivity index (χ1v) is 9.73. The number of ether oxygens (including phenoxy) is 1. The van der Waals surface area contributed by atoms with Crippen LogP contribution in [0.4, 0.5) is 0 Å². The summed E-state index contributed by atoms with van der Waals surface area (Å²) in [5, 5.41) is 8.83. The van der Waals surface area contributed by atoms with E-state index in [1.165, 1.54) is 5.56 Å². The van der Waals surface area contributed by atoms with Crippen LogP contribution in [0.2, 0.25) is 0 Å². The van der Waals surface area contributed by atoms with Gasteiger partial charge in [-0.25, -0.2) is 4.98 Å². The zero-order chi connectivity index (χ0) is 18.9. The molecule has 0 aliphatic rings. The maximum Gasteiger partial charge on any atom is 0.218 e. The van der Waals surface area contributed by atoms with Crippen LogP contribution in [0.1, 0.15) is 35.6 Å². The van der Waals surface area contributed by atoms with Gasteiger partial charge >= 0.3 is 0 Å². The van der Waals surface area contributed by atoms with Crippen molar-refractivity contribution >= 4 is 28.1 Å². The molecule has 3 aromatic rings. The van der Waals surface area contributed by atoms with Crippen molar-refractivity contribution in [2.45, 2.75) is 25.9 Å². The molecule has 0 aliphatic heterocycles. The van der Waals surface area contributed by atoms with E-state index in [4.69, 9.17) is 14.3 Å².